The second-order valence-electron chi connectivity index (χ2n) is 7.40. The van der Waals surface area contributed by atoms with Crippen molar-refractivity contribution in [3.8, 4) is 11.4 Å². The van der Waals surface area contributed by atoms with Crippen LogP contribution in [0.3, 0.4) is 0 Å². The number of fused-ring (bicyclic) bond motifs is 1. The second kappa shape index (κ2) is 7.33. The van der Waals surface area contributed by atoms with Gasteiger partial charge in [0, 0.05) is 11.1 Å². The second-order valence-corrected chi connectivity index (χ2v) is 7.40. The minimum absolute atomic E-state index is 0.124. The lowest BCUT2D eigenvalue weighted by Gasteiger charge is -2.12. The number of carbonyl (C=O) groups excluding carboxylic acids is 1. The molecule has 2 heterocycles. The number of aromatic nitrogens is 4. The van der Waals surface area contributed by atoms with Gasteiger partial charge in [-0.05, 0) is 59.0 Å². The molecule has 0 saturated heterocycles. The highest BCUT2D eigenvalue weighted by Gasteiger charge is 2.22. The Morgan fingerprint density at radius 1 is 1.13 bits per heavy atom. The molecule has 2 aromatic heterocycles. The zero-order valence-electron chi connectivity index (χ0n) is 15.8. The smallest absolute Gasteiger partial charge is 0.259 e. The van der Waals surface area contributed by atoms with E-state index >= 15 is 0 Å². The standard InChI is InChI=1S/C21H17F2N5O2/c22-17-7-12(5-6-13(17)11-3-1-2-4-11)24-21(29)16-10-30-19-9-15(18(23)8-14(16)19)20-25-27-28-26-20/h5-11H,1-4H2,(H,24,29)(H,25,26,27,28). The third-order valence-electron chi connectivity index (χ3n) is 5.56. The van der Waals surface area contributed by atoms with Crippen LogP contribution in [0.4, 0.5) is 14.5 Å². The fourth-order valence-electron chi connectivity index (χ4n) is 4.05. The highest BCUT2D eigenvalue weighted by atomic mass is 19.1. The number of carbonyl (C=O) groups is 1. The third kappa shape index (κ3) is 3.22. The molecule has 1 saturated carbocycles. The van der Waals surface area contributed by atoms with Gasteiger partial charge in [-0.1, -0.05) is 18.9 Å². The Labute approximate surface area is 169 Å². The van der Waals surface area contributed by atoms with Crippen LogP contribution in [0.1, 0.15) is 47.5 Å². The van der Waals surface area contributed by atoms with Crippen molar-refractivity contribution in [2.75, 3.05) is 5.32 Å². The van der Waals surface area contributed by atoms with E-state index in [2.05, 4.69) is 25.9 Å². The zero-order chi connectivity index (χ0) is 20.7. The van der Waals surface area contributed by atoms with Crippen molar-refractivity contribution in [1.82, 2.24) is 20.6 Å². The van der Waals surface area contributed by atoms with Gasteiger partial charge in [0.15, 0.2) is 5.82 Å². The van der Waals surface area contributed by atoms with Crippen molar-refractivity contribution in [2.45, 2.75) is 31.6 Å². The van der Waals surface area contributed by atoms with Crippen LogP contribution >= 0.6 is 0 Å². The van der Waals surface area contributed by atoms with Crippen molar-refractivity contribution in [2.24, 2.45) is 0 Å². The number of tetrazole rings is 1. The number of amides is 1. The number of halogens is 2. The third-order valence-corrected chi connectivity index (χ3v) is 5.56. The summed E-state index contributed by atoms with van der Waals surface area (Å²) in [6, 6.07) is 7.34. The van der Waals surface area contributed by atoms with Crippen LogP contribution in [0.15, 0.2) is 41.0 Å². The Morgan fingerprint density at radius 3 is 2.70 bits per heavy atom. The van der Waals surface area contributed by atoms with E-state index in [1.165, 1.54) is 24.5 Å². The molecule has 1 fully saturated rings. The summed E-state index contributed by atoms with van der Waals surface area (Å²) in [5.74, 6) is -1.06. The van der Waals surface area contributed by atoms with E-state index in [1.54, 1.807) is 12.1 Å². The number of H-pyrrole nitrogens is 1. The van der Waals surface area contributed by atoms with E-state index in [4.69, 9.17) is 4.42 Å². The first kappa shape index (κ1) is 18.4. The molecule has 0 unspecified atom stereocenters. The van der Waals surface area contributed by atoms with Gasteiger partial charge < -0.3 is 9.73 Å². The molecule has 0 aliphatic heterocycles. The molecule has 2 N–H and O–H groups in total. The van der Waals surface area contributed by atoms with Crippen LogP contribution in [0.2, 0.25) is 0 Å². The highest BCUT2D eigenvalue weighted by Crippen LogP contribution is 2.36. The summed E-state index contributed by atoms with van der Waals surface area (Å²) in [4.78, 5) is 12.7. The highest BCUT2D eigenvalue weighted by molar-refractivity contribution is 6.12. The van der Waals surface area contributed by atoms with Gasteiger partial charge >= 0.3 is 0 Å². The number of hydrogen-bond acceptors (Lipinski definition) is 5. The minimum atomic E-state index is -0.608. The summed E-state index contributed by atoms with van der Waals surface area (Å²) in [7, 11) is 0. The Balaban J connectivity index is 1.41. The lowest BCUT2D eigenvalue weighted by atomic mass is 9.97. The quantitative estimate of drug-likeness (QED) is 0.505. The predicted molar refractivity (Wildman–Crippen MR) is 105 cm³/mol. The lowest BCUT2D eigenvalue weighted by Crippen LogP contribution is -2.12. The van der Waals surface area contributed by atoms with Gasteiger partial charge in [-0.3, -0.25) is 4.79 Å². The van der Waals surface area contributed by atoms with Gasteiger partial charge in [-0.15, -0.1) is 5.10 Å². The van der Waals surface area contributed by atoms with Crippen molar-refractivity contribution < 1.29 is 18.0 Å². The monoisotopic (exact) mass is 409 g/mol. The average molecular weight is 409 g/mol. The number of nitrogens with zero attached hydrogens (tertiary/aromatic N) is 3. The molecule has 0 bridgehead atoms. The molecular weight excluding hydrogens is 392 g/mol. The van der Waals surface area contributed by atoms with Crippen LogP contribution in [-0.4, -0.2) is 26.5 Å². The molecule has 5 rings (SSSR count). The van der Waals surface area contributed by atoms with Crippen LogP contribution < -0.4 is 5.32 Å². The Kier molecular flexibility index (Phi) is 4.50. The van der Waals surface area contributed by atoms with Crippen LogP contribution in [0.5, 0.6) is 0 Å². The van der Waals surface area contributed by atoms with E-state index in [0.717, 1.165) is 25.7 Å². The van der Waals surface area contributed by atoms with Crippen molar-refractivity contribution in [3.05, 3.63) is 59.4 Å². The first-order valence-electron chi connectivity index (χ1n) is 9.66. The maximum Gasteiger partial charge on any atom is 0.259 e. The largest absolute Gasteiger partial charge is 0.463 e. The molecule has 30 heavy (non-hydrogen) atoms. The molecule has 4 aromatic rings. The molecular formula is C21H17F2N5O2. The fourth-order valence-corrected chi connectivity index (χ4v) is 4.05. The van der Waals surface area contributed by atoms with Gasteiger partial charge in [-0.2, -0.15) is 0 Å². The molecule has 7 nitrogen and oxygen atoms in total. The number of anilines is 1. The maximum atomic E-state index is 14.5. The van der Waals surface area contributed by atoms with E-state index in [0.29, 0.717) is 22.2 Å². The summed E-state index contributed by atoms with van der Waals surface area (Å²) in [6.45, 7) is 0. The number of benzene rings is 2. The Morgan fingerprint density at radius 2 is 1.97 bits per heavy atom. The van der Waals surface area contributed by atoms with E-state index in [1.807, 2.05) is 0 Å². The summed E-state index contributed by atoms with van der Waals surface area (Å²) in [5.41, 5.74) is 1.59. The van der Waals surface area contributed by atoms with Crippen molar-refractivity contribution in [1.29, 1.82) is 0 Å². The molecule has 1 amide bonds. The molecule has 0 spiro atoms. The van der Waals surface area contributed by atoms with E-state index in [9.17, 15) is 13.6 Å². The first-order chi connectivity index (χ1) is 14.6. The number of furan rings is 1. The van der Waals surface area contributed by atoms with Crippen molar-refractivity contribution in [3.63, 3.8) is 0 Å². The number of hydrogen-bond donors (Lipinski definition) is 2. The molecule has 0 radical (unpaired) electrons. The van der Waals surface area contributed by atoms with Gasteiger partial charge in [0.05, 0.1) is 11.1 Å². The van der Waals surface area contributed by atoms with Crippen molar-refractivity contribution >= 4 is 22.6 Å². The molecule has 1 aliphatic rings. The summed E-state index contributed by atoms with van der Waals surface area (Å²) in [5, 5.41) is 16.0. The topological polar surface area (TPSA) is 96.7 Å². The van der Waals surface area contributed by atoms with E-state index < -0.39 is 11.7 Å². The van der Waals surface area contributed by atoms with Gasteiger partial charge in [0.2, 0.25) is 0 Å². The zero-order valence-corrected chi connectivity index (χ0v) is 15.8. The normalized spacial score (nSPS) is 14.5. The fraction of sp³-hybridized carbons (Fsp3) is 0.238. The van der Waals surface area contributed by atoms with Gasteiger partial charge in [0.1, 0.15) is 23.5 Å². The number of rotatable bonds is 4. The van der Waals surface area contributed by atoms with E-state index in [-0.39, 0.29) is 28.7 Å². The van der Waals surface area contributed by atoms with Gasteiger partial charge in [-0.25, -0.2) is 13.9 Å². The van der Waals surface area contributed by atoms with Crippen LogP contribution in [0, 0.1) is 11.6 Å². The van der Waals surface area contributed by atoms with Crippen LogP contribution in [0.25, 0.3) is 22.4 Å². The molecule has 152 valence electrons. The predicted octanol–water partition coefficient (Wildman–Crippen LogP) is 4.80. The first-order valence-corrected chi connectivity index (χ1v) is 9.66. The maximum absolute atomic E-state index is 14.5. The SMILES string of the molecule is O=C(Nc1ccc(C2CCCC2)c(F)c1)c1coc2cc(-c3nnn[nH]3)c(F)cc12. The number of aromatic amines is 1. The molecule has 2 aromatic carbocycles. The van der Waals surface area contributed by atoms with Crippen LogP contribution in [-0.2, 0) is 0 Å². The summed E-state index contributed by atoms with van der Waals surface area (Å²) < 4.78 is 34.5. The Hall–Kier alpha value is -3.62. The molecule has 9 heteroatoms. The minimum Gasteiger partial charge on any atom is -0.463 e. The molecule has 0 atom stereocenters. The summed E-state index contributed by atoms with van der Waals surface area (Å²) in [6.07, 6.45) is 5.44. The Bertz CT molecular complexity index is 1230. The number of nitrogens with one attached hydrogen (secondary N) is 2. The summed E-state index contributed by atoms with van der Waals surface area (Å²) >= 11 is 0. The molecule has 1 aliphatic carbocycles. The van der Waals surface area contributed by atoms with Gasteiger partial charge in [0.25, 0.3) is 5.91 Å². The average Bonchev–Trinajstić information content (AvgIpc) is 3.49. The lowest BCUT2D eigenvalue weighted by molar-refractivity contribution is 0.102.